The Morgan fingerprint density at radius 3 is 2.90 bits per heavy atom. The third kappa shape index (κ3) is 4.42. The van der Waals surface area contributed by atoms with Crippen molar-refractivity contribution in [3.8, 4) is 11.5 Å². The molecule has 1 saturated heterocycles. The van der Waals surface area contributed by atoms with Crippen LogP contribution >= 0.6 is 0 Å². The number of hydrogen-bond donors (Lipinski definition) is 1. The van der Waals surface area contributed by atoms with Gasteiger partial charge in [-0.15, -0.1) is 0 Å². The van der Waals surface area contributed by atoms with E-state index >= 15 is 0 Å². The van der Waals surface area contributed by atoms with E-state index < -0.39 is 0 Å². The van der Waals surface area contributed by atoms with E-state index in [2.05, 4.69) is 5.32 Å². The summed E-state index contributed by atoms with van der Waals surface area (Å²) < 4.78 is 15.9. The molecule has 1 amide bonds. The van der Waals surface area contributed by atoms with Crippen LogP contribution in [0.2, 0.25) is 0 Å². The Balaban J connectivity index is 1.66. The smallest absolute Gasteiger partial charge is 0.257 e. The average Bonchev–Trinajstić information content (AvgIpc) is 2.98. The highest BCUT2D eigenvalue weighted by molar-refractivity contribution is 5.77. The Morgan fingerprint density at radius 1 is 1.40 bits per heavy atom. The van der Waals surface area contributed by atoms with Gasteiger partial charge < -0.3 is 19.5 Å². The van der Waals surface area contributed by atoms with Gasteiger partial charge in [-0.2, -0.15) is 0 Å². The summed E-state index contributed by atoms with van der Waals surface area (Å²) in [4.78, 5) is 11.7. The van der Waals surface area contributed by atoms with Crippen LogP contribution in [-0.4, -0.2) is 39.4 Å². The predicted octanol–water partition coefficient (Wildman–Crippen LogP) is 1.62. The summed E-state index contributed by atoms with van der Waals surface area (Å²) in [7, 11) is 1.58. The summed E-state index contributed by atoms with van der Waals surface area (Å²) in [5, 5.41) is 2.86. The second kappa shape index (κ2) is 7.75. The molecule has 1 aliphatic rings. The molecule has 0 spiro atoms. The number of benzene rings is 1. The highest BCUT2D eigenvalue weighted by atomic mass is 16.5. The molecule has 5 heteroatoms. The molecular weight excluding hydrogens is 258 g/mol. The van der Waals surface area contributed by atoms with Crippen molar-refractivity contribution in [3.63, 3.8) is 0 Å². The fourth-order valence-corrected chi connectivity index (χ4v) is 2.16. The summed E-state index contributed by atoms with van der Waals surface area (Å²) in [5.41, 5.74) is 0. The monoisotopic (exact) mass is 279 g/mol. The van der Waals surface area contributed by atoms with Gasteiger partial charge >= 0.3 is 0 Å². The molecule has 5 nitrogen and oxygen atoms in total. The van der Waals surface area contributed by atoms with Crippen LogP contribution in [0.15, 0.2) is 24.3 Å². The maximum absolute atomic E-state index is 11.7. The number of carbonyl (C=O) groups is 1. The first kappa shape index (κ1) is 14.7. The van der Waals surface area contributed by atoms with Crippen LogP contribution in [0.5, 0.6) is 11.5 Å². The molecule has 0 bridgehead atoms. The fraction of sp³-hybridized carbons (Fsp3) is 0.533. The molecular formula is C15H21NO4. The second-order valence-electron chi connectivity index (χ2n) is 4.81. The number of hydrogen-bond acceptors (Lipinski definition) is 4. The zero-order chi connectivity index (χ0) is 14.2. The number of amides is 1. The van der Waals surface area contributed by atoms with Gasteiger partial charge in [-0.05, 0) is 30.9 Å². The van der Waals surface area contributed by atoms with Crippen LogP contribution in [0.4, 0.5) is 0 Å². The van der Waals surface area contributed by atoms with Crippen molar-refractivity contribution >= 4 is 5.91 Å². The molecule has 0 saturated carbocycles. The lowest BCUT2D eigenvalue weighted by atomic mass is 10.1. The van der Waals surface area contributed by atoms with Gasteiger partial charge in [0.1, 0.15) is 0 Å². The Labute approximate surface area is 119 Å². The van der Waals surface area contributed by atoms with E-state index in [0.29, 0.717) is 24.0 Å². The maximum Gasteiger partial charge on any atom is 0.257 e. The molecule has 1 aromatic rings. The molecule has 1 unspecified atom stereocenters. The standard InChI is InChI=1S/C15H21NO4/c1-18-13-4-2-3-5-14(13)20-11-15(17)16-8-6-12-7-9-19-10-12/h2-5,12H,6-11H2,1H3,(H,16,17). The summed E-state index contributed by atoms with van der Waals surface area (Å²) >= 11 is 0. The number of methoxy groups -OCH3 is 1. The molecule has 1 heterocycles. The van der Waals surface area contributed by atoms with Crippen molar-refractivity contribution in [2.75, 3.05) is 33.5 Å². The van der Waals surface area contributed by atoms with Crippen molar-refractivity contribution in [2.24, 2.45) is 5.92 Å². The minimum atomic E-state index is -0.116. The third-order valence-electron chi connectivity index (χ3n) is 3.33. The first-order valence-electron chi connectivity index (χ1n) is 6.90. The number of para-hydroxylation sites is 2. The molecule has 1 aromatic carbocycles. The number of nitrogens with one attached hydrogen (secondary N) is 1. The molecule has 0 aliphatic carbocycles. The van der Waals surface area contributed by atoms with Gasteiger partial charge in [-0.1, -0.05) is 12.1 Å². The lowest BCUT2D eigenvalue weighted by molar-refractivity contribution is -0.123. The molecule has 1 N–H and O–H groups in total. The highest BCUT2D eigenvalue weighted by Gasteiger charge is 2.15. The molecule has 1 aliphatic heterocycles. The SMILES string of the molecule is COc1ccccc1OCC(=O)NCCC1CCOC1. The van der Waals surface area contributed by atoms with Crippen LogP contribution < -0.4 is 14.8 Å². The van der Waals surface area contributed by atoms with Gasteiger partial charge in [0, 0.05) is 19.8 Å². The van der Waals surface area contributed by atoms with Gasteiger partial charge in [-0.3, -0.25) is 4.79 Å². The van der Waals surface area contributed by atoms with Crippen LogP contribution in [-0.2, 0) is 9.53 Å². The van der Waals surface area contributed by atoms with Crippen LogP contribution in [0, 0.1) is 5.92 Å². The van der Waals surface area contributed by atoms with Crippen LogP contribution in [0.3, 0.4) is 0 Å². The molecule has 0 aromatic heterocycles. The third-order valence-corrected chi connectivity index (χ3v) is 3.33. The molecule has 110 valence electrons. The van der Waals surface area contributed by atoms with Crippen molar-refractivity contribution in [1.82, 2.24) is 5.32 Å². The highest BCUT2D eigenvalue weighted by Crippen LogP contribution is 2.25. The Morgan fingerprint density at radius 2 is 2.20 bits per heavy atom. The predicted molar refractivity (Wildman–Crippen MR) is 75.0 cm³/mol. The van der Waals surface area contributed by atoms with Crippen molar-refractivity contribution in [2.45, 2.75) is 12.8 Å². The Hall–Kier alpha value is -1.75. The topological polar surface area (TPSA) is 56.8 Å². The Bertz CT molecular complexity index is 430. The quantitative estimate of drug-likeness (QED) is 0.824. The van der Waals surface area contributed by atoms with Gasteiger partial charge in [0.2, 0.25) is 0 Å². The van der Waals surface area contributed by atoms with Gasteiger partial charge in [0.05, 0.1) is 7.11 Å². The van der Waals surface area contributed by atoms with E-state index in [9.17, 15) is 4.79 Å². The van der Waals surface area contributed by atoms with Crippen LogP contribution in [0.25, 0.3) is 0 Å². The van der Waals surface area contributed by atoms with E-state index in [1.807, 2.05) is 12.1 Å². The minimum absolute atomic E-state index is 0.00153. The number of carbonyl (C=O) groups excluding carboxylic acids is 1. The number of ether oxygens (including phenoxy) is 3. The molecule has 20 heavy (non-hydrogen) atoms. The zero-order valence-electron chi connectivity index (χ0n) is 11.8. The van der Waals surface area contributed by atoms with Crippen LogP contribution in [0.1, 0.15) is 12.8 Å². The van der Waals surface area contributed by atoms with Crippen molar-refractivity contribution in [3.05, 3.63) is 24.3 Å². The number of rotatable bonds is 7. The van der Waals surface area contributed by atoms with E-state index in [1.54, 1.807) is 19.2 Å². The van der Waals surface area contributed by atoms with Gasteiger partial charge in [-0.25, -0.2) is 0 Å². The minimum Gasteiger partial charge on any atom is -0.493 e. The zero-order valence-corrected chi connectivity index (χ0v) is 11.8. The molecule has 1 atom stereocenters. The van der Waals surface area contributed by atoms with Gasteiger partial charge in [0.15, 0.2) is 18.1 Å². The van der Waals surface area contributed by atoms with Crippen molar-refractivity contribution in [1.29, 1.82) is 0 Å². The summed E-state index contributed by atoms with van der Waals surface area (Å²) in [6, 6.07) is 7.28. The summed E-state index contributed by atoms with van der Waals surface area (Å²) in [6.45, 7) is 2.33. The lowest BCUT2D eigenvalue weighted by Gasteiger charge is -2.11. The van der Waals surface area contributed by atoms with E-state index in [4.69, 9.17) is 14.2 Å². The normalized spacial score (nSPS) is 17.8. The summed E-state index contributed by atoms with van der Waals surface area (Å²) in [6.07, 6.45) is 2.05. The lowest BCUT2D eigenvalue weighted by Crippen LogP contribution is -2.30. The molecule has 1 fully saturated rings. The average molecular weight is 279 g/mol. The maximum atomic E-state index is 11.7. The molecule has 0 radical (unpaired) electrons. The second-order valence-corrected chi connectivity index (χ2v) is 4.81. The van der Waals surface area contributed by atoms with E-state index in [1.165, 1.54) is 0 Å². The Kier molecular flexibility index (Phi) is 5.68. The molecule has 2 rings (SSSR count). The largest absolute Gasteiger partial charge is 0.493 e. The van der Waals surface area contributed by atoms with Gasteiger partial charge in [0.25, 0.3) is 5.91 Å². The fourth-order valence-electron chi connectivity index (χ4n) is 2.16. The summed E-state index contributed by atoms with van der Waals surface area (Å²) in [5.74, 6) is 1.66. The first-order chi connectivity index (χ1) is 9.79. The first-order valence-corrected chi connectivity index (χ1v) is 6.90. The van der Waals surface area contributed by atoms with E-state index in [0.717, 1.165) is 26.1 Å². The van der Waals surface area contributed by atoms with E-state index in [-0.39, 0.29) is 12.5 Å². The van der Waals surface area contributed by atoms with Crippen molar-refractivity contribution < 1.29 is 19.0 Å².